The number of aromatic amines is 1. The zero-order valence-electron chi connectivity index (χ0n) is 9.83. The number of nitrogen functional groups attached to an aromatic ring is 1. The number of carbonyl (C=O) groups excluding carboxylic acids is 1. The maximum atomic E-state index is 11.7. The van der Waals surface area contributed by atoms with Crippen molar-refractivity contribution in [3.05, 3.63) is 11.4 Å². The van der Waals surface area contributed by atoms with Crippen LogP contribution >= 0.6 is 11.8 Å². The number of anilines is 1. The Bertz CT molecular complexity index is 364. The van der Waals surface area contributed by atoms with Crippen LogP contribution in [0, 0.1) is 12.8 Å². The van der Waals surface area contributed by atoms with Crippen molar-refractivity contribution in [2.75, 3.05) is 24.3 Å². The smallest absolute Gasteiger partial charge is 0.273 e. The minimum absolute atomic E-state index is 0.213. The number of hydrogen-bond acceptors (Lipinski definition) is 4. The van der Waals surface area contributed by atoms with E-state index in [0.717, 1.165) is 11.4 Å². The standard InChI is InChI=1S/C10H18N4OS/c1-6(5-16-3)4-12-10(15)9-8(11)7(2)13-14-9/h6H,4-5,11H2,1-3H3,(H,12,15)(H,13,14). The summed E-state index contributed by atoms with van der Waals surface area (Å²) in [5.41, 5.74) is 7.15. The molecule has 1 atom stereocenters. The number of nitrogens with one attached hydrogen (secondary N) is 2. The van der Waals surface area contributed by atoms with Crippen molar-refractivity contribution in [1.82, 2.24) is 15.5 Å². The van der Waals surface area contributed by atoms with Crippen LogP contribution in [0.2, 0.25) is 0 Å². The van der Waals surface area contributed by atoms with Crippen molar-refractivity contribution in [2.24, 2.45) is 5.92 Å². The Hall–Kier alpha value is -1.17. The molecular weight excluding hydrogens is 224 g/mol. The lowest BCUT2D eigenvalue weighted by molar-refractivity contribution is 0.0945. The van der Waals surface area contributed by atoms with Gasteiger partial charge in [-0.05, 0) is 24.9 Å². The second-order valence-corrected chi connectivity index (χ2v) is 4.79. The minimum Gasteiger partial charge on any atom is -0.395 e. The molecule has 1 unspecified atom stereocenters. The quantitative estimate of drug-likeness (QED) is 0.720. The summed E-state index contributed by atoms with van der Waals surface area (Å²) in [5, 5.41) is 9.39. The second-order valence-electron chi connectivity index (χ2n) is 3.88. The SMILES string of the molecule is CSCC(C)CNC(=O)c1n[nH]c(C)c1N. The average Bonchev–Trinajstić information content (AvgIpc) is 2.57. The Morgan fingerprint density at radius 1 is 1.69 bits per heavy atom. The summed E-state index contributed by atoms with van der Waals surface area (Å²) >= 11 is 1.77. The molecule has 0 aliphatic rings. The fraction of sp³-hybridized carbons (Fsp3) is 0.600. The van der Waals surface area contributed by atoms with E-state index in [1.165, 1.54) is 0 Å². The fourth-order valence-corrected chi connectivity index (χ4v) is 1.99. The van der Waals surface area contributed by atoms with Gasteiger partial charge in [-0.3, -0.25) is 9.89 Å². The van der Waals surface area contributed by atoms with Gasteiger partial charge in [0.05, 0.1) is 11.4 Å². The molecule has 0 aliphatic heterocycles. The van der Waals surface area contributed by atoms with Crippen LogP contribution in [0.5, 0.6) is 0 Å². The summed E-state index contributed by atoms with van der Waals surface area (Å²) in [5.74, 6) is 1.25. The van der Waals surface area contributed by atoms with Gasteiger partial charge in [0.15, 0.2) is 5.69 Å². The number of H-pyrrole nitrogens is 1. The average molecular weight is 242 g/mol. The summed E-state index contributed by atoms with van der Waals surface area (Å²) in [6, 6.07) is 0. The summed E-state index contributed by atoms with van der Waals surface area (Å²) < 4.78 is 0. The molecule has 16 heavy (non-hydrogen) atoms. The van der Waals surface area contributed by atoms with Gasteiger partial charge in [-0.15, -0.1) is 0 Å². The molecule has 0 aliphatic carbocycles. The first-order chi connectivity index (χ1) is 7.56. The second kappa shape index (κ2) is 5.79. The van der Waals surface area contributed by atoms with Gasteiger partial charge in [0, 0.05) is 6.54 Å². The molecule has 0 saturated carbocycles. The molecule has 0 saturated heterocycles. The Labute approximate surface area is 99.6 Å². The van der Waals surface area contributed by atoms with Crippen molar-refractivity contribution < 1.29 is 4.79 Å². The van der Waals surface area contributed by atoms with Gasteiger partial charge >= 0.3 is 0 Å². The van der Waals surface area contributed by atoms with E-state index in [9.17, 15) is 4.79 Å². The topological polar surface area (TPSA) is 83.8 Å². The van der Waals surface area contributed by atoms with E-state index in [1.807, 2.05) is 6.26 Å². The molecule has 1 aromatic rings. The Kier molecular flexibility index (Phi) is 4.67. The lowest BCUT2D eigenvalue weighted by Gasteiger charge is -2.10. The third kappa shape index (κ3) is 3.16. The van der Waals surface area contributed by atoms with Gasteiger partial charge in [0.2, 0.25) is 0 Å². The van der Waals surface area contributed by atoms with Crippen LogP contribution in [0.1, 0.15) is 23.1 Å². The summed E-state index contributed by atoms with van der Waals surface area (Å²) in [6.07, 6.45) is 2.05. The van der Waals surface area contributed by atoms with Crippen LogP contribution in [0.4, 0.5) is 5.69 Å². The zero-order chi connectivity index (χ0) is 12.1. The highest BCUT2D eigenvalue weighted by atomic mass is 32.2. The highest BCUT2D eigenvalue weighted by Crippen LogP contribution is 2.12. The van der Waals surface area contributed by atoms with Crippen molar-refractivity contribution in [2.45, 2.75) is 13.8 Å². The van der Waals surface area contributed by atoms with E-state index in [1.54, 1.807) is 18.7 Å². The highest BCUT2D eigenvalue weighted by Gasteiger charge is 2.15. The lowest BCUT2D eigenvalue weighted by atomic mass is 10.2. The molecule has 0 radical (unpaired) electrons. The van der Waals surface area contributed by atoms with Gasteiger partial charge in [-0.2, -0.15) is 16.9 Å². The van der Waals surface area contributed by atoms with E-state index in [2.05, 4.69) is 22.4 Å². The Balaban J connectivity index is 2.50. The predicted molar refractivity (Wildman–Crippen MR) is 67.6 cm³/mol. The molecule has 1 heterocycles. The molecule has 0 aromatic carbocycles. The number of carbonyl (C=O) groups is 1. The van der Waals surface area contributed by atoms with E-state index >= 15 is 0 Å². The molecule has 1 amide bonds. The highest BCUT2D eigenvalue weighted by molar-refractivity contribution is 7.98. The molecule has 4 N–H and O–H groups in total. The van der Waals surface area contributed by atoms with Crippen LogP contribution in [0.15, 0.2) is 0 Å². The van der Waals surface area contributed by atoms with Crippen LogP contribution in [0.25, 0.3) is 0 Å². The number of thioether (sulfide) groups is 1. The number of hydrogen-bond donors (Lipinski definition) is 3. The number of amides is 1. The normalized spacial score (nSPS) is 12.4. The first kappa shape index (κ1) is 12.9. The zero-order valence-corrected chi connectivity index (χ0v) is 10.6. The molecule has 0 fully saturated rings. The maximum absolute atomic E-state index is 11.7. The molecule has 1 aromatic heterocycles. The number of aromatic nitrogens is 2. The van der Waals surface area contributed by atoms with Crippen LogP contribution in [0.3, 0.4) is 0 Å². The number of nitrogens with zero attached hydrogens (tertiary/aromatic N) is 1. The first-order valence-electron chi connectivity index (χ1n) is 5.13. The van der Waals surface area contributed by atoms with Gasteiger partial charge in [0.1, 0.15) is 0 Å². The van der Waals surface area contributed by atoms with Crippen molar-refractivity contribution in [1.29, 1.82) is 0 Å². The maximum Gasteiger partial charge on any atom is 0.273 e. The Morgan fingerprint density at radius 3 is 2.88 bits per heavy atom. The third-order valence-electron chi connectivity index (χ3n) is 2.27. The van der Waals surface area contributed by atoms with E-state index in [-0.39, 0.29) is 11.6 Å². The van der Waals surface area contributed by atoms with Crippen molar-refractivity contribution >= 4 is 23.4 Å². The van der Waals surface area contributed by atoms with Gasteiger partial charge in [-0.1, -0.05) is 6.92 Å². The lowest BCUT2D eigenvalue weighted by Crippen LogP contribution is -2.29. The molecule has 1 rings (SSSR count). The van der Waals surface area contributed by atoms with Gasteiger partial charge in [-0.25, -0.2) is 0 Å². The van der Waals surface area contributed by atoms with Crippen LogP contribution in [-0.2, 0) is 0 Å². The van der Waals surface area contributed by atoms with Crippen LogP contribution in [-0.4, -0.2) is 34.7 Å². The molecule has 5 nitrogen and oxygen atoms in total. The third-order valence-corrected chi connectivity index (χ3v) is 3.17. The van der Waals surface area contributed by atoms with E-state index in [0.29, 0.717) is 18.2 Å². The first-order valence-corrected chi connectivity index (χ1v) is 6.53. The minimum atomic E-state index is -0.213. The Morgan fingerprint density at radius 2 is 2.38 bits per heavy atom. The molecular formula is C10H18N4OS. The summed E-state index contributed by atoms with van der Waals surface area (Å²) in [4.78, 5) is 11.7. The van der Waals surface area contributed by atoms with Gasteiger partial charge in [0.25, 0.3) is 5.91 Å². The van der Waals surface area contributed by atoms with E-state index < -0.39 is 0 Å². The predicted octanol–water partition coefficient (Wildman–Crippen LogP) is 1.03. The number of nitrogens with two attached hydrogens (primary N) is 1. The van der Waals surface area contributed by atoms with Crippen molar-refractivity contribution in [3.63, 3.8) is 0 Å². The largest absolute Gasteiger partial charge is 0.395 e. The summed E-state index contributed by atoms with van der Waals surface area (Å²) in [7, 11) is 0. The van der Waals surface area contributed by atoms with Gasteiger partial charge < -0.3 is 11.1 Å². The summed E-state index contributed by atoms with van der Waals surface area (Å²) in [6.45, 7) is 4.52. The van der Waals surface area contributed by atoms with E-state index in [4.69, 9.17) is 5.73 Å². The monoisotopic (exact) mass is 242 g/mol. The molecule has 90 valence electrons. The number of aryl methyl sites for hydroxylation is 1. The fourth-order valence-electron chi connectivity index (χ4n) is 1.30. The molecule has 0 bridgehead atoms. The molecule has 0 spiro atoms. The van der Waals surface area contributed by atoms with Crippen LogP contribution < -0.4 is 11.1 Å². The number of rotatable bonds is 5. The molecule has 6 heteroatoms. The van der Waals surface area contributed by atoms with Crippen molar-refractivity contribution in [3.8, 4) is 0 Å².